The summed E-state index contributed by atoms with van der Waals surface area (Å²) in [6.45, 7) is 1.37. The molecule has 1 aliphatic heterocycles. The number of anilines is 2. The van der Waals surface area contributed by atoms with Crippen molar-refractivity contribution in [2.75, 3.05) is 42.6 Å². The Morgan fingerprint density at radius 2 is 1.71 bits per heavy atom. The van der Waals surface area contributed by atoms with Crippen LogP contribution in [0.15, 0.2) is 66.7 Å². The third kappa shape index (κ3) is 5.21. The molecule has 0 fully saturated rings. The lowest BCUT2D eigenvalue weighted by Crippen LogP contribution is -2.42. The van der Waals surface area contributed by atoms with Crippen molar-refractivity contribution in [3.8, 4) is 11.5 Å². The first kappa shape index (κ1) is 23.7. The Labute approximate surface area is 207 Å². The molecular formula is C25H22Cl2N2O5. The maximum atomic E-state index is 13.5. The van der Waals surface area contributed by atoms with Crippen molar-refractivity contribution in [1.29, 1.82) is 0 Å². The van der Waals surface area contributed by atoms with Gasteiger partial charge in [0.25, 0.3) is 5.91 Å². The van der Waals surface area contributed by atoms with E-state index < -0.39 is 12.6 Å². The Morgan fingerprint density at radius 3 is 2.41 bits per heavy atom. The fraction of sp³-hybridized carbons (Fsp3) is 0.200. The summed E-state index contributed by atoms with van der Waals surface area (Å²) in [6.07, 6.45) is 0. The van der Waals surface area contributed by atoms with Crippen LogP contribution in [-0.4, -0.2) is 49.8 Å². The SMILES string of the molecule is O=C(O)COc1cccc2c1OCCN2CCN(C(=O)c1c(Cl)cccc1Cl)c1ccccc1. The number of nitrogens with zero attached hydrogens (tertiary/aromatic N) is 2. The summed E-state index contributed by atoms with van der Waals surface area (Å²) in [5, 5.41) is 9.51. The van der Waals surface area contributed by atoms with Crippen LogP contribution in [0.4, 0.5) is 11.4 Å². The smallest absolute Gasteiger partial charge is 0.341 e. The fourth-order valence-corrected chi connectivity index (χ4v) is 4.33. The number of aliphatic carboxylic acids is 1. The van der Waals surface area contributed by atoms with Gasteiger partial charge in [0, 0.05) is 18.8 Å². The van der Waals surface area contributed by atoms with Gasteiger partial charge in [-0.1, -0.05) is 53.5 Å². The van der Waals surface area contributed by atoms with Crippen molar-refractivity contribution in [1.82, 2.24) is 0 Å². The van der Waals surface area contributed by atoms with Crippen LogP contribution in [-0.2, 0) is 4.79 Å². The number of benzene rings is 3. The predicted molar refractivity (Wildman–Crippen MR) is 132 cm³/mol. The van der Waals surface area contributed by atoms with E-state index in [2.05, 4.69) is 4.90 Å². The van der Waals surface area contributed by atoms with Crippen LogP contribution in [0.1, 0.15) is 10.4 Å². The van der Waals surface area contributed by atoms with Gasteiger partial charge in [0.1, 0.15) is 6.61 Å². The molecule has 0 saturated carbocycles. The Kier molecular flexibility index (Phi) is 7.45. The van der Waals surface area contributed by atoms with Gasteiger partial charge >= 0.3 is 5.97 Å². The highest BCUT2D eigenvalue weighted by atomic mass is 35.5. The van der Waals surface area contributed by atoms with E-state index in [0.717, 1.165) is 11.4 Å². The highest BCUT2D eigenvalue weighted by Crippen LogP contribution is 2.40. The fourth-order valence-electron chi connectivity index (χ4n) is 3.78. The summed E-state index contributed by atoms with van der Waals surface area (Å²) in [5.74, 6) is -0.514. The second-order valence-corrected chi connectivity index (χ2v) is 8.33. The third-order valence-corrected chi connectivity index (χ3v) is 5.97. The number of hydrogen-bond acceptors (Lipinski definition) is 5. The van der Waals surface area contributed by atoms with Gasteiger partial charge in [-0.3, -0.25) is 4.79 Å². The van der Waals surface area contributed by atoms with Crippen LogP contribution in [0.2, 0.25) is 10.0 Å². The molecule has 9 heteroatoms. The van der Waals surface area contributed by atoms with Gasteiger partial charge in [-0.2, -0.15) is 0 Å². The van der Waals surface area contributed by atoms with Crippen LogP contribution in [0.25, 0.3) is 0 Å². The van der Waals surface area contributed by atoms with Crippen LogP contribution in [0.3, 0.4) is 0 Å². The van der Waals surface area contributed by atoms with E-state index in [1.54, 1.807) is 35.2 Å². The van der Waals surface area contributed by atoms with Gasteiger partial charge in [-0.15, -0.1) is 0 Å². The Balaban J connectivity index is 1.59. The average Bonchev–Trinajstić information content (AvgIpc) is 2.83. The largest absolute Gasteiger partial charge is 0.486 e. The summed E-state index contributed by atoms with van der Waals surface area (Å²) >= 11 is 12.7. The molecule has 1 heterocycles. The number of hydrogen-bond donors (Lipinski definition) is 1. The zero-order valence-corrected chi connectivity index (χ0v) is 19.6. The second kappa shape index (κ2) is 10.7. The summed E-state index contributed by atoms with van der Waals surface area (Å²) in [7, 11) is 0. The van der Waals surface area contributed by atoms with Crippen molar-refractivity contribution in [3.63, 3.8) is 0 Å². The Morgan fingerprint density at radius 1 is 1.00 bits per heavy atom. The van der Waals surface area contributed by atoms with E-state index in [-0.39, 0.29) is 21.5 Å². The van der Waals surface area contributed by atoms with Crippen LogP contribution < -0.4 is 19.3 Å². The normalized spacial score (nSPS) is 12.5. The number of carboxylic acids is 1. The van der Waals surface area contributed by atoms with E-state index in [1.165, 1.54) is 0 Å². The second-order valence-electron chi connectivity index (χ2n) is 7.51. The first-order valence-corrected chi connectivity index (χ1v) is 11.4. The number of halogens is 2. The summed E-state index contributed by atoms with van der Waals surface area (Å²) in [6, 6.07) is 19.6. The van der Waals surface area contributed by atoms with E-state index in [4.69, 9.17) is 37.8 Å². The van der Waals surface area contributed by atoms with Gasteiger partial charge < -0.3 is 24.4 Å². The molecule has 176 valence electrons. The van der Waals surface area contributed by atoms with E-state index in [1.807, 2.05) is 36.4 Å². The molecule has 0 bridgehead atoms. The van der Waals surface area contributed by atoms with E-state index >= 15 is 0 Å². The molecule has 1 N–H and O–H groups in total. The number of fused-ring (bicyclic) bond motifs is 1. The quantitative estimate of drug-likeness (QED) is 0.468. The highest BCUT2D eigenvalue weighted by molar-refractivity contribution is 6.40. The molecule has 0 aliphatic carbocycles. The number of carbonyl (C=O) groups excluding carboxylic acids is 1. The molecule has 0 unspecified atom stereocenters. The van der Waals surface area contributed by atoms with Crippen LogP contribution >= 0.6 is 23.2 Å². The lowest BCUT2D eigenvalue weighted by Gasteiger charge is -2.34. The molecule has 0 radical (unpaired) electrons. The Hall–Kier alpha value is -3.42. The number of rotatable bonds is 8. The molecular weight excluding hydrogens is 479 g/mol. The summed E-state index contributed by atoms with van der Waals surface area (Å²) < 4.78 is 11.2. The zero-order chi connectivity index (χ0) is 24.1. The van der Waals surface area contributed by atoms with E-state index in [0.29, 0.717) is 37.7 Å². The molecule has 7 nitrogen and oxygen atoms in total. The van der Waals surface area contributed by atoms with Crippen molar-refractivity contribution < 1.29 is 24.2 Å². The maximum Gasteiger partial charge on any atom is 0.341 e. The standard InChI is InChI=1S/C25H22Cl2N2O5/c26-18-8-4-9-19(27)23(18)25(32)29(17-6-2-1-3-7-17)13-12-28-14-15-33-24-20(28)10-5-11-21(24)34-16-22(30)31/h1-11H,12-16H2,(H,30,31). The van der Waals surface area contributed by atoms with Crippen LogP contribution in [0.5, 0.6) is 11.5 Å². The third-order valence-electron chi connectivity index (χ3n) is 5.34. The van der Waals surface area contributed by atoms with Gasteiger partial charge in [0.2, 0.25) is 0 Å². The molecule has 4 rings (SSSR count). The number of carbonyl (C=O) groups is 2. The van der Waals surface area contributed by atoms with Crippen LogP contribution in [0, 0.1) is 0 Å². The number of carboxylic acid groups (broad SMARTS) is 1. The number of para-hydroxylation sites is 2. The van der Waals surface area contributed by atoms with Crippen molar-refractivity contribution >= 4 is 46.5 Å². The molecule has 1 aliphatic rings. The topological polar surface area (TPSA) is 79.3 Å². The van der Waals surface area contributed by atoms with Crippen molar-refractivity contribution in [2.24, 2.45) is 0 Å². The molecule has 0 spiro atoms. The van der Waals surface area contributed by atoms with Gasteiger partial charge in [-0.05, 0) is 36.4 Å². The maximum absolute atomic E-state index is 13.5. The predicted octanol–water partition coefficient (Wildman–Crippen LogP) is 5.00. The summed E-state index contributed by atoms with van der Waals surface area (Å²) in [5.41, 5.74) is 1.74. The van der Waals surface area contributed by atoms with E-state index in [9.17, 15) is 9.59 Å². The van der Waals surface area contributed by atoms with Gasteiger partial charge in [-0.25, -0.2) is 4.79 Å². The first-order chi connectivity index (χ1) is 16.5. The highest BCUT2D eigenvalue weighted by Gasteiger charge is 2.26. The molecule has 1 amide bonds. The minimum absolute atomic E-state index is 0.251. The lowest BCUT2D eigenvalue weighted by atomic mass is 10.1. The lowest BCUT2D eigenvalue weighted by molar-refractivity contribution is -0.139. The monoisotopic (exact) mass is 500 g/mol. The zero-order valence-electron chi connectivity index (χ0n) is 18.1. The van der Waals surface area contributed by atoms with Crippen molar-refractivity contribution in [2.45, 2.75) is 0 Å². The Bertz CT molecular complexity index is 1170. The number of ether oxygens (including phenoxy) is 2. The summed E-state index contributed by atoms with van der Waals surface area (Å²) in [4.78, 5) is 28.2. The molecule has 3 aromatic rings. The molecule has 0 aromatic heterocycles. The van der Waals surface area contributed by atoms with Gasteiger partial charge in [0.05, 0.1) is 27.8 Å². The van der Waals surface area contributed by atoms with Gasteiger partial charge in [0.15, 0.2) is 18.1 Å². The minimum atomic E-state index is -1.07. The molecule has 0 saturated heterocycles. The van der Waals surface area contributed by atoms with Crippen molar-refractivity contribution in [3.05, 3.63) is 82.3 Å². The minimum Gasteiger partial charge on any atom is -0.486 e. The average molecular weight is 501 g/mol. The molecule has 34 heavy (non-hydrogen) atoms. The first-order valence-electron chi connectivity index (χ1n) is 10.6. The molecule has 3 aromatic carbocycles. The number of amides is 1. The molecule has 0 atom stereocenters.